The second kappa shape index (κ2) is 4.97. The molecule has 0 aliphatic rings. The highest BCUT2D eigenvalue weighted by atomic mass is 35.5. The number of halogens is 1. The van der Waals surface area contributed by atoms with Crippen LogP contribution >= 0.6 is 11.6 Å². The van der Waals surface area contributed by atoms with E-state index in [-0.39, 0.29) is 5.91 Å². The topological polar surface area (TPSA) is 42.0 Å². The molecule has 0 bridgehead atoms. The van der Waals surface area contributed by atoms with Crippen molar-refractivity contribution in [3.8, 4) is 0 Å². The fourth-order valence-corrected chi connectivity index (χ4v) is 1.52. The molecule has 2 rings (SSSR count). The van der Waals surface area contributed by atoms with Gasteiger partial charge in [0.25, 0.3) is 5.91 Å². The van der Waals surface area contributed by atoms with Crippen molar-refractivity contribution in [3.05, 3.63) is 58.7 Å². The van der Waals surface area contributed by atoms with Gasteiger partial charge in [0, 0.05) is 16.8 Å². The number of benzene rings is 1. The van der Waals surface area contributed by atoms with Crippen LogP contribution in [0.3, 0.4) is 0 Å². The lowest BCUT2D eigenvalue weighted by Crippen LogP contribution is -2.13. The molecule has 1 N–H and O–H groups in total. The molecular weight excluding hydrogens is 236 g/mol. The van der Waals surface area contributed by atoms with E-state index < -0.39 is 0 Å². The highest BCUT2D eigenvalue weighted by Gasteiger charge is 2.07. The molecule has 1 aromatic heterocycles. The number of anilines is 1. The predicted molar refractivity (Wildman–Crippen MR) is 68.4 cm³/mol. The maximum Gasteiger partial charge on any atom is 0.256 e. The van der Waals surface area contributed by atoms with E-state index in [1.54, 1.807) is 30.5 Å². The van der Waals surface area contributed by atoms with Gasteiger partial charge in [0.2, 0.25) is 0 Å². The van der Waals surface area contributed by atoms with Gasteiger partial charge < -0.3 is 5.32 Å². The van der Waals surface area contributed by atoms with Crippen molar-refractivity contribution in [3.63, 3.8) is 0 Å². The van der Waals surface area contributed by atoms with Crippen LogP contribution in [0, 0.1) is 6.92 Å². The van der Waals surface area contributed by atoms with Crippen molar-refractivity contribution in [1.82, 2.24) is 4.98 Å². The van der Waals surface area contributed by atoms with E-state index >= 15 is 0 Å². The molecule has 0 saturated carbocycles. The number of carbonyl (C=O) groups excluding carboxylic acids is 1. The Hall–Kier alpha value is -1.87. The number of amides is 1. The molecule has 1 heterocycles. The number of aromatic nitrogens is 1. The molecule has 4 heteroatoms. The van der Waals surface area contributed by atoms with Crippen LogP contribution in [0.25, 0.3) is 0 Å². The molecule has 2 aromatic rings. The summed E-state index contributed by atoms with van der Waals surface area (Å²) in [7, 11) is 0. The standard InChI is InChI=1S/C13H11ClN2O/c1-9-3-2-8-15-12(9)16-13(17)10-4-6-11(14)7-5-10/h2-8H,1H3,(H,15,16,17). The van der Waals surface area contributed by atoms with Gasteiger partial charge in [-0.05, 0) is 42.8 Å². The Morgan fingerprint density at radius 3 is 2.59 bits per heavy atom. The van der Waals surface area contributed by atoms with Gasteiger partial charge in [0.15, 0.2) is 0 Å². The quantitative estimate of drug-likeness (QED) is 0.884. The second-order valence-corrected chi connectivity index (χ2v) is 4.07. The Labute approximate surface area is 104 Å². The molecule has 1 aromatic carbocycles. The van der Waals surface area contributed by atoms with E-state index in [9.17, 15) is 4.79 Å². The SMILES string of the molecule is Cc1cccnc1NC(=O)c1ccc(Cl)cc1. The smallest absolute Gasteiger partial charge is 0.256 e. The number of carbonyl (C=O) groups is 1. The summed E-state index contributed by atoms with van der Waals surface area (Å²) in [6.07, 6.45) is 1.64. The molecule has 86 valence electrons. The summed E-state index contributed by atoms with van der Waals surface area (Å²) in [5.74, 6) is 0.385. The van der Waals surface area contributed by atoms with Gasteiger partial charge in [-0.2, -0.15) is 0 Å². The molecule has 0 atom stereocenters. The van der Waals surface area contributed by atoms with Gasteiger partial charge in [0.05, 0.1) is 0 Å². The Morgan fingerprint density at radius 2 is 1.94 bits per heavy atom. The average molecular weight is 247 g/mol. The molecule has 0 unspecified atom stereocenters. The van der Waals surface area contributed by atoms with E-state index in [2.05, 4.69) is 10.3 Å². The minimum absolute atomic E-state index is 0.191. The van der Waals surface area contributed by atoms with Crippen molar-refractivity contribution in [2.45, 2.75) is 6.92 Å². The summed E-state index contributed by atoms with van der Waals surface area (Å²) in [5.41, 5.74) is 1.48. The molecular formula is C13H11ClN2O. The van der Waals surface area contributed by atoms with Crippen LogP contribution in [0.5, 0.6) is 0 Å². The normalized spacial score (nSPS) is 10.0. The molecule has 1 amide bonds. The lowest BCUT2D eigenvalue weighted by atomic mass is 10.2. The average Bonchev–Trinajstić information content (AvgIpc) is 2.33. The first kappa shape index (κ1) is 11.6. The zero-order valence-corrected chi connectivity index (χ0v) is 10.0. The minimum Gasteiger partial charge on any atom is -0.306 e. The number of hydrogen-bond donors (Lipinski definition) is 1. The largest absolute Gasteiger partial charge is 0.306 e. The van der Waals surface area contributed by atoms with E-state index in [4.69, 9.17) is 11.6 Å². The maximum absolute atomic E-state index is 11.9. The van der Waals surface area contributed by atoms with Crippen molar-refractivity contribution in [1.29, 1.82) is 0 Å². The van der Waals surface area contributed by atoms with Crippen LogP contribution in [0.1, 0.15) is 15.9 Å². The van der Waals surface area contributed by atoms with Crippen LogP contribution in [-0.4, -0.2) is 10.9 Å². The van der Waals surface area contributed by atoms with Crippen molar-refractivity contribution >= 4 is 23.3 Å². The van der Waals surface area contributed by atoms with Crippen molar-refractivity contribution < 1.29 is 4.79 Å². The number of hydrogen-bond acceptors (Lipinski definition) is 2. The third-order valence-corrected chi connectivity index (χ3v) is 2.60. The molecule has 0 radical (unpaired) electrons. The predicted octanol–water partition coefficient (Wildman–Crippen LogP) is 3.30. The summed E-state index contributed by atoms with van der Waals surface area (Å²) >= 11 is 5.76. The third-order valence-electron chi connectivity index (χ3n) is 2.35. The van der Waals surface area contributed by atoms with E-state index in [1.807, 2.05) is 19.1 Å². The van der Waals surface area contributed by atoms with Crippen molar-refractivity contribution in [2.75, 3.05) is 5.32 Å². The minimum atomic E-state index is -0.191. The summed E-state index contributed by atoms with van der Waals surface area (Å²) in [6, 6.07) is 10.4. The number of pyridine rings is 1. The monoisotopic (exact) mass is 246 g/mol. The van der Waals surface area contributed by atoms with Crippen LogP contribution in [-0.2, 0) is 0 Å². The van der Waals surface area contributed by atoms with Crippen LogP contribution < -0.4 is 5.32 Å². The number of nitrogens with one attached hydrogen (secondary N) is 1. The first-order valence-corrected chi connectivity index (χ1v) is 5.53. The van der Waals surface area contributed by atoms with Crippen LogP contribution in [0.2, 0.25) is 5.02 Å². The lowest BCUT2D eigenvalue weighted by molar-refractivity contribution is 0.102. The Morgan fingerprint density at radius 1 is 1.24 bits per heavy atom. The second-order valence-electron chi connectivity index (χ2n) is 3.63. The molecule has 3 nitrogen and oxygen atoms in total. The number of rotatable bonds is 2. The van der Waals surface area contributed by atoms with E-state index in [0.717, 1.165) is 5.56 Å². The van der Waals surface area contributed by atoms with Crippen LogP contribution in [0.4, 0.5) is 5.82 Å². The van der Waals surface area contributed by atoms with E-state index in [1.165, 1.54) is 0 Å². The van der Waals surface area contributed by atoms with Gasteiger partial charge in [-0.3, -0.25) is 4.79 Å². The van der Waals surface area contributed by atoms with Gasteiger partial charge in [0.1, 0.15) is 5.82 Å². The summed E-state index contributed by atoms with van der Waals surface area (Å²) in [4.78, 5) is 16.0. The highest BCUT2D eigenvalue weighted by Crippen LogP contribution is 2.13. The fourth-order valence-electron chi connectivity index (χ4n) is 1.40. The summed E-state index contributed by atoms with van der Waals surface area (Å²) in [6.45, 7) is 1.89. The van der Waals surface area contributed by atoms with Gasteiger partial charge in [-0.15, -0.1) is 0 Å². The molecule has 0 spiro atoms. The first-order chi connectivity index (χ1) is 8.16. The van der Waals surface area contributed by atoms with Gasteiger partial charge in [-0.25, -0.2) is 4.98 Å². The molecule has 0 aliphatic heterocycles. The number of aryl methyl sites for hydroxylation is 1. The first-order valence-electron chi connectivity index (χ1n) is 5.15. The molecule has 0 fully saturated rings. The van der Waals surface area contributed by atoms with Gasteiger partial charge >= 0.3 is 0 Å². The summed E-state index contributed by atoms with van der Waals surface area (Å²) in [5, 5.41) is 3.36. The molecule has 0 saturated heterocycles. The zero-order valence-electron chi connectivity index (χ0n) is 9.27. The Balaban J connectivity index is 2.17. The number of nitrogens with zero attached hydrogens (tertiary/aromatic N) is 1. The van der Waals surface area contributed by atoms with Gasteiger partial charge in [-0.1, -0.05) is 17.7 Å². The van der Waals surface area contributed by atoms with E-state index in [0.29, 0.717) is 16.4 Å². The molecule has 0 aliphatic carbocycles. The highest BCUT2D eigenvalue weighted by molar-refractivity contribution is 6.30. The zero-order chi connectivity index (χ0) is 12.3. The maximum atomic E-state index is 11.9. The molecule has 17 heavy (non-hydrogen) atoms. The Kier molecular flexibility index (Phi) is 3.40. The van der Waals surface area contributed by atoms with Crippen molar-refractivity contribution in [2.24, 2.45) is 0 Å². The summed E-state index contributed by atoms with van der Waals surface area (Å²) < 4.78 is 0. The lowest BCUT2D eigenvalue weighted by Gasteiger charge is -2.06. The fraction of sp³-hybridized carbons (Fsp3) is 0.0769. The third kappa shape index (κ3) is 2.82. The Bertz CT molecular complexity index is 537. The van der Waals surface area contributed by atoms with Crippen LogP contribution in [0.15, 0.2) is 42.6 Å².